The van der Waals surface area contributed by atoms with Crippen molar-refractivity contribution in [2.24, 2.45) is 0 Å². The molecule has 3 aromatic carbocycles. The van der Waals surface area contributed by atoms with Crippen molar-refractivity contribution in [1.82, 2.24) is 0 Å². The summed E-state index contributed by atoms with van der Waals surface area (Å²) >= 11 is 0. The van der Waals surface area contributed by atoms with Gasteiger partial charge in [0.05, 0.1) is 0 Å². The van der Waals surface area contributed by atoms with Gasteiger partial charge in [-0.15, -0.1) is 0 Å². The monoisotopic (exact) mass is 370 g/mol. The summed E-state index contributed by atoms with van der Waals surface area (Å²) in [6.45, 7) is 2.18. The minimum atomic E-state index is -0.640. The second-order valence-electron chi connectivity index (χ2n) is 6.52. The molecule has 0 unspecified atom stereocenters. The first-order valence-electron chi connectivity index (χ1n) is 8.97. The molecule has 138 valence electrons. The van der Waals surface area contributed by atoms with Gasteiger partial charge in [0, 0.05) is 17.0 Å². The highest BCUT2D eigenvalue weighted by atomic mass is 16.5. The van der Waals surface area contributed by atoms with Gasteiger partial charge < -0.3 is 9.15 Å². The molecular formula is C24H18O4. The Morgan fingerprint density at radius 1 is 0.929 bits per heavy atom. The van der Waals surface area contributed by atoms with E-state index in [1.165, 1.54) is 0 Å². The van der Waals surface area contributed by atoms with Gasteiger partial charge in [0.1, 0.15) is 23.5 Å². The first-order chi connectivity index (χ1) is 13.6. The molecule has 0 aliphatic rings. The molecule has 4 nitrogen and oxygen atoms in total. The fraction of sp³-hybridized carbons (Fsp3) is 0.0833. The Balaban J connectivity index is 1.68. The van der Waals surface area contributed by atoms with E-state index < -0.39 is 5.63 Å². The highest BCUT2D eigenvalue weighted by Crippen LogP contribution is 2.25. The van der Waals surface area contributed by atoms with Gasteiger partial charge in [-0.1, -0.05) is 60.7 Å². The summed E-state index contributed by atoms with van der Waals surface area (Å²) in [5.41, 5.74) is 1.94. The third-order valence-corrected chi connectivity index (χ3v) is 4.65. The van der Waals surface area contributed by atoms with Crippen LogP contribution in [0, 0.1) is 6.92 Å². The summed E-state index contributed by atoms with van der Waals surface area (Å²) in [5.74, 6) is 0.263. The predicted molar refractivity (Wildman–Crippen MR) is 108 cm³/mol. The Morgan fingerprint density at radius 3 is 2.32 bits per heavy atom. The zero-order valence-corrected chi connectivity index (χ0v) is 15.3. The summed E-state index contributed by atoms with van der Waals surface area (Å²) in [6.07, 6.45) is 0. The van der Waals surface area contributed by atoms with E-state index in [-0.39, 0.29) is 11.3 Å². The topological polar surface area (TPSA) is 56.5 Å². The van der Waals surface area contributed by atoms with Crippen LogP contribution in [0.25, 0.3) is 11.0 Å². The van der Waals surface area contributed by atoms with Crippen molar-refractivity contribution < 1.29 is 13.9 Å². The lowest BCUT2D eigenvalue weighted by Gasteiger charge is -2.10. The molecule has 0 aliphatic carbocycles. The maximum atomic E-state index is 12.8. The molecule has 0 N–H and O–H groups in total. The second-order valence-corrected chi connectivity index (χ2v) is 6.52. The molecule has 0 fully saturated rings. The molecule has 28 heavy (non-hydrogen) atoms. The number of aryl methyl sites for hydroxylation is 1. The summed E-state index contributed by atoms with van der Waals surface area (Å²) in [4.78, 5) is 25.3. The van der Waals surface area contributed by atoms with Crippen molar-refractivity contribution in [2.45, 2.75) is 13.5 Å². The van der Waals surface area contributed by atoms with E-state index in [4.69, 9.17) is 9.15 Å². The zero-order chi connectivity index (χ0) is 19.5. The molecular weight excluding hydrogens is 352 g/mol. The second kappa shape index (κ2) is 7.53. The lowest BCUT2D eigenvalue weighted by Crippen LogP contribution is -2.17. The Kier molecular flexibility index (Phi) is 4.77. The van der Waals surface area contributed by atoms with Crippen molar-refractivity contribution in [3.8, 4) is 5.75 Å². The first kappa shape index (κ1) is 17.7. The van der Waals surface area contributed by atoms with Crippen LogP contribution in [-0.2, 0) is 6.61 Å². The van der Waals surface area contributed by atoms with Gasteiger partial charge >= 0.3 is 5.63 Å². The quantitative estimate of drug-likeness (QED) is 0.370. The summed E-state index contributed by atoms with van der Waals surface area (Å²) < 4.78 is 11.3. The highest BCUT2D eigenvalue weighted by molar-refractivity contribution is 6.11. The molecule has 1 aromatic heterocycles. The van der Waals surface area contributed by atoms with Crippen LogP contribution in [0.2, 0.25) is 0 Å². The minimum Gasteiger partial charge on any atom is -0.489 e. The molecule has 4 heteroatoms. The van der Waals surface area contributed by atoms with Crippen molar-refractivity contribution in [1.29, 1.82) is 0 Å². The van der Waals surface area contributed by atoms with Crippen LogP contribution in [0.3, 0.4) is 0 Å². The number of carbonyl (C=O) groups is 1. The summed E-state index contributed by atoms with van der Waals surface area (Å²) in [5, 5.41) is 0.714. The lowest BCUT2D eigenvalue weighted by molar-refractivity contribution is 0.103. The molecule has 0 amide bonds. The number of hydrogen-bond acceptors (Lipinski definition) is 4. The SMILES string of the molecule is Cc1c(C(=O)c2ccccc2)c(=O)oc2cc(OCc3ccccc3)ccc12. The van der Waals surface area contributed by atoms with Gasteiger partial charge in [-0.3, -0.25) is 4.79 Å². The van der Waals surface area contributed by atoms with E-state index in [0.29, 0.717) is 34.5 Å². The molecule has 0 aliphatic heterocycles. The molecule has 0 saturated heterocycles. The van der Waals surface area contributed by atoms with Crippen molar-refractivity contribution in [3.05, 3.63) is 112 Å². The van der Waals surface area contributed by atoms with E-state index in [1.54, 1.807) is 37.3 Å². The molecule has 0 radical (unpaired) electrons. The minimum absolute atomic E-state index is 0.0663. The van der Waals surface area contributed by atoms with Gasteiger partial charge in [-0.25, -0.2) is 4.79 Å². The Bertz CT molecular complexity index is 1190. The highest BCUT2D eigenvalue weighted by Gasteiger charge is 2.20. The van der Waals surface area contributed by atoms with E-state index in [2.05, 4.69) is 0 Å². The van der Waals surface area contributed by atoms with Crippen molar-refractivity contribution in [2.75, 3.05) is 0 Å². The average Bonchev–Trinajstić information content (AvgIpc) is 2.73. The number of hydrogen-bond donors (Lipinski definition) is 0. The van der Waals surface area contributed by atoms with E-state index in [0.717, 1.165) is 5.56 Å². The van der Waals surface area contributed by atoms with Crippen LogP contribution >= 0.6 is 0 Å². The van der Waals surface area contributed by atoms with Crippen LogP contribution in [-0.4, -0.2) is 5.78 Å². The number of ketones is 1. The van der Waals surface area contributed by atoms with E-state index in [1.807, 2.05) is 48.5 Å². The molecule has 4 rings (SSSR count). The van der Waals surface area contributed by atoms with Gasteiger partial charge in [-0.2, -0.15) is 0 Å². The Hall–Kier alpha value is -3.66. The first-order valence-corrected chi connectivity index (χ1v) is 8.97. The summed E-state index contributed by atoms with van der Waals surface area (Å²) in [7, 11) is 0. The third kappa shape index (κ3) is 3.45. The molecule has 0 bridgehead atoms. The average molecular weight is 370 g/mol. The van der Waals surface area contributed by atoms with Gasteiger partial charge in [0.15, 0.2) is 0 Å². The zero-order valence-electron chi connectivity index (χ0n) is 15.3. The van der Waals surface area contributed by atoms with Crippen LogP contribution in [0.15, 0.2) is 88.1 Å². The van der Waals surface area contributed by atoms with Gasteiger partial charge in [-0.05, 0) is 30.2 Å². The van der Waals surface area contributed by atoms with Crippen LogP contribution in [0.5, 0.6) is 5.75 Å². The number of fused-ring (bicyclic) bond motifs is 1. The molecule has 0 spiro atoms. The fourth-order valence-corrected chi connectivity index (χ4v) is 3.16. The van der Waals surface area contributed by atoms with Crippen LogP contribution in [0.1, 0.15) is 27.0 Å². The largest absolute Gasteiger partial charge is 0.489 e. The molecule has 4 aromatic rings. The predicted octanol–water partition coefficient (Wildman–Crippen LogP) is 4.91. The van der Waals surface area contributed by atoms with Gasteiger partial charge in [0.25, 0.3) is 0 Å². The third-order valence-electron chi connectivity index (χ3n) is 4.65. The molecule has 0 atom stereocenters. The number of rotatable bonds is 5. The number of benzene rings is 3. The Morgan fingerprint density at radius 2 is 1.61 bits per heavy atom. The van der Waals surface area contributed by atoms with E-state index >= 15 is 0 Å². The fourth-order valence-electron chi connectivity index (χ4n) is 3.16. The summed E-state index contributed by atoms with van der Waals surface area (Å²) in [6, 6.07) is 23.9. The van der Waals surface area contributed by atoms with Crippen molar-refractivity contribution in [3.63, 3.8) is 0 Å². The lowest BCUT2D eigenvalue weighted by atomic mass is 9.98. The maximum absolute atomic E-state index is 12.8. The normalized spacial score (nSPS) is 10.8. The smallest absolute Gasteiger partial charge is 0.347 e. The van der Waals surface area contributed by atoms with Crippen molar-refractivity contribution >= 4 is 16.8 Å². The number of ether oxygens (including phenoxy) is 1. The number of carbonyl (C=O) groups excluding carboxylic acids is 1. The van der Waals surface area contributed by atoms with Crippen LogP contribution in [0.4, 0.5) is 0 Å². The standard InChI is InChI=1S/C24H18O4/c1-16-20-13-12-19(27-15-17-8-4-2-5-9-17)14-21(20)28-24(26)22(16)23(25)18-10-6-3-7-11-18/h2-14H,15H2,1H3. The van der Waals surface area contributed by atoms with Gasteiger partial charge in [0.2, 0.25) is 5.78 Å². The molecule has 0 saturated carbocycles. The van der Waals surface area contributed by atoms with Crippen LogP contribution < -0.4 is 10.4 Å². The molecule has 1 heterocycles. The van der Waals surface area contributed by atoms with E-state index in [9.17, 15) is 9.59 Å². The maximum Gasteiger partial charge on any atom is 0.347 e. The Labute approximate surface area is 162 Å².